The number of aliphatic hydroxyl groups excluding tert-OH is 1. The fraction of sp³-hybridized carbons (Fsp3) is 0.579. The second-order valence-corrected chi connectivity index (χ2v) is 8.13. The van der Waals surface area contributed by atoms with Crippen LogP contribution in [0.4, 0.5) is 0 Å². The Morgan fingerprint density at radius 3 is 2.91 bits per heavy atom. The van der Waals surface area contributed by atoms with Gasteiger partial charge in [-0.05, 0) is 11.6 Å². The third-order valence-electron chi connectivity index (χ3n) is 6.91. The molecule has 1 aromatic rings. The fourth-order valence-electron chi connectivity index (χ4n) is 5.75. The van der Waals surface area contributed by atoms with Gasteiger partial charge in [0.2, 0.25) is 0 Å². The van der Waals surface area contributed by atoms with E-state index < -0.39 is 6.10 Å². The largest absolute Gasteiger partial charge is 0.493 e. The number of likely N-dealkylation sites (N-methyl/N-ethyl adjacent to an activating group) is 1. The van der Waals surface area contributed by atoms with Crippen molar-refractivity contribution in [1.29, 1.82) is 0 Å². The molecule has 0 amide bonds. The molecule has 4 heteroatoms. The molecule has 2 bridgehead atoms. The van der Waals surface area contributed by atoms with E-state index in [0.29, 0.717) is 12.0 Å². The lowest BCUT2D eigenvalue weighted by Crippen LogP contribution is -2.70. The molecular formula is C19H24NO3+. The highest BCUT2D eigenvalue weighted by Gasteiger charge is 2.67. The van der Waals surface area contributed by atoms with E-state index in [1.54, 1.807) is 7.11 Å². The molecule has 5 atom stereocenters. The van der Waals surface area contributed by atoms with E-state index in [1.165, 1.54) is 11.1 Å². The Bertz CT molecular complexity index is 726. The molecule has 0 saturated carbocycles. The number of ether oxygens (including phenoxy) is 2. The summed E-state index contributed by atoms with van der Waals surface area (Å²) in [7, 11) is 6.38. The molecule has 122 valence electrons. The number of rotatable bonds is 1. The van der Waals surface area contributed by atoms with Crippen LogP contribution in [0.15, 0.2) is 24.3 Å². The Kier molecular flexibility index (Phi) is 2.48. The van der Waals surface area contributed by atoms with E-state index in [0.717, 1.165) is 35.4 Å². The normalized spacial score (nSPS) is 41.2. The Labute approximate surface area is 136 Å². The summed E-state index contributed by atoms with van der Waals surface area (Å²) >= 11 is 0. The van der Waals surface area contributed by atoms with Gasteiger partial charge in [-0.25, -0.2) is 0 Å². The van der Waals surface area contributed by atoms with Crippen LogP contribution < -0.4 is 9.47 Å². The minimum Gasteiger partial charge on any atom is -0.493 e. The number of aliphatic hydroxyl groups is 1. The zero-order chi connectivity index (χ0) is 16.0. The van der Waals surface area contributed by atoms with Crippen LogP contribution in [0.2, 0.25) is 0 Å². The van der Waals surface area contributed by atoms with Gasteiger partial charge in [-0.15, -0.1) is 0 Å². The van der Waals surface area contributed by atoms with Crippen LogP contribution in [-0.2, 0) is 11.8 Å². The first kappa shape index (κ1) is 13.9. The van der Waals surface area contributed by atoms with Gasteiger partial charge in [0.05, 0.1) is 33.2 Å². The number of methoxy groups -OCH3 is 1. The standard InChI is InChI=1S/C19H24NO3/c1-20(2)9-8-19-12-5-6-14(21)18(19)23-17-15(22-3)7-4-11(16(17)19)10-13(12)20/h4-7,12-14,18,21H,8-10H2,1-3H3/q+1/t12-,13+,14-,18-,19+/m1/s1. The minimum absolute atomic E-state index is 0.0793. The van der Waals surface area contributed by atoms with Crippen molar-refractivity contribution in [1.82, 2.24) is 0 Å². The summed E-state index contributed by atoms with van der Waals surface area (Å²) in [6.45, 7) is 1.12. The third-order valence-corrected chi connectivity index (χ3v) is 6.91. The Morgan fingerprint density at radius 1 is 1.30 bits per heavy atom. The summed E-state index contributed by atoms with van der Waals surface area (Å²) in [6.07, 6.45) is 5.64. The zero-order valence-electron chi connectivity index (χ0n) is 14.0. The lowest BCUT2D eigenvalue weighted by molar-refractivity contribution is -0.926. The maximum absolute atomic E-state index is 10.6. The van der Waals surface area contributed by atoms with Crippen LogP contribution >= 0.6 is 0 Å². The molecule has 1 N–H and O–H groups in total. The highest BCUT2D eigenvalue weighted by Crippen LogP contribution is 2.63. The van der Waals surface area contributed by atoms with Crippen LogP contribution in [0.3, 0.4) is 0 Å². The molecule has 1 spiro atoms. The second kappa shape index (κ2) is 4.11. The second-order valence-electron chi connectivity index (χ2n) is 8.13. The molecule has 0 unspecified atom stereocenters. The predicted molar refractivity (Wildman–Crippen MR) is 86.8 cm³/mol. The van der Waals surface area contributed by atoms with Crippen LogP contribution in [0, 0.1) is 5.92 Å². The van der Waals surface area contributed by atoms with E-state index >= 15 is 0 Å². The van der Waals surface area contributed by atoms with E-state index in [4.69, 9.17) is 9.47 Å². The van der Waals surface area contributed by atoms with Gasteiger partial charge in [0.25, 0.3) is 0 Å². The Balaban J connectivity index is 1.82. The number of hydrogen-bond donors (Lipinski definition) is 1. The zero-order valence-corrected chi connectivity index (χ0v) is 14.0. The molecule has 5 rings (SSSR count). The van der Waals surface area contributed by atoms with Crippen LogP contribution in [0.25, 0.3) is 0 Å². The van der Waals surface area contributed by atoms with Crippen LogP contribution in [-0.4, -0.2) is 55.6 Å². The van der Waals surface area contributed by atoms with Gasteiger partial charge in [0.15, 0.2) is 11.5 Å². The smallest absolute Gasteiger partial charge is 0.165 e. The van der Waals surface area contributed by atoms with Gasteiger partial charge in [-0.2, -0.15) is 0 Å². The van der Waals surface area contributed by atoms with Crippen LogP contribution in [0.1, 0.15) is 17.5 Å². The number of nitrogens with zero attached hydrogens (tertiary/aromatic N) is 1. The predicted octanol–water partition coefficient (Wildman–Crippen LogP) is 1.65. The summed E-state index contributed by atoms with van der Waals surface area (Å²) in [4.78, 5) is 0. The van der Waals surface area contributed by atoms with Crippen molar-refractivity contribution in [2.75, 3.05) is 27.7 Å². The van der Waals surface area contributed by atoms with Crippen molar-refractivity contribution in [3.63, 3.8) is 0 Å². The van der Waals surface area contributed by atoms with Gasteiger partial charge >= 0.3 is 0 Å². The molecule has 2 heterocycles. The molecule has 0 aromatic heterocycles. The highest BCUT2D eigenvalue weighted by molar-refractivity contribution is 5.61. The van der Waals surface area contributed by atoms with Crippen molar-refractivity contribution >= 4 is 0 Å². The van der Waals surface area contributed by atoms with Gasteiger partial charge in [-0.1, -0.05) is 18.2 Å². The molecule has 1 saturated heterocycles. The molecule has 2 aliphatic carbocycles. The van der Waals surface area contributed by atoms with E-state index in [-0.39, 0.29) is 11.5 Å². The maximum atomic E-state index is 10.6. The molecule has 4 nitrogen and oxygen atoms in total. The van der Waals surface area contributed by atoms with Gasteiger partial charge in [0, 0.05) is 24.3 Å². The maximum Gasteiger partial charge on any atom is 0.165 e. The number of hydrogen-bond acceptors (Lipinski definition) is 3. The van der Waals surface area contributed by atoms with E-state index in [1.807, 2.05) is 12.1 Å². The molecule has 2 aliphatic heterocycles. The molecular weight excluding hydrogens is 290 g/mol. The lowest BCUT2D eigenvalue weighted by Gasteiger charge is -2.58. The summed E-state index contributed by atoms with van der Waals surface area (Å²) in [5.41, 5.74) is 2.63. The van der Waals surface area contributed by atoms with Crippen molar-refractivity contribution in [3.8, 4) is 11.5 Å². The number of piperidine rings is 1. The Morgan fingerprint density at radius 2 is 2.13 bits per heavy atom. The minimum atomic E-state index is -0.538. The lowest BCUT2D eigenvalue weighted by atomic mass is 9.53. The highest BCUT2D eigenvalue weighted by atomic mass is 16.5. The van der Waals surface area contributed by atoms with Crippen molar-refractivity contribution in [2.45, 2.75) is 36.5 Å². The average Bonchev–Trinajstić information content (AvgIpc) is 2.88. The summed E-state index contributed by atoms with van der Waals surface area (Å²) < 4.78 is 12.9. The first-order chi connectivity index (χ1) is 11.0. The average molecular weight is 314 g/mol. The van der Waals surface area contributed by atoms with Crippen molar-refractivity contribution in [2.24, 2.45) is 5.92 Å². The topological polar surface area (TPSA) is 38.7 Å². The van der Waals surface area contributed by atoms with Gasteiger partial charge in [-0.3, -0.25) is 0 Å². The number of quaternary nitrogens is 1. The van der Waals surface area contributed by atoms with E-state index in [9.17, 15) is 5.11 Å². The van der Waals surface area contributed by atoms with Crippen molar-refractivity contribution < 1.29 is 19.1 Å². The monoisotopic (exact) mass is 314 g/mol. The fourth-order valence-corrected chi connectivity index (χ4v) is 5.75. The molecule has 0 radical (unpaired) electrons. The summed E-state index contributed by atoms with van der Waals surface area (Å²) in [6, 6.07) is 4.79. The summed E-state index contributed by atoms with van der Waals surface area (Å²) in [5.74, 6) is 2.12. The number of benzene rings is 1. The third kappa shape index (κ3) is 1.45. The Hall–Kier alpha value is -1.52. The molecule has 4 aliphatic rings. The van der Waals surface area contributed by atoms with Gasteiger partial charge < -0.3 is 19.1 Å². The van der Waals surface area contributed by atoms with Crippen molar-refractivity contribution in [3.05, 3.63) is 35.4 Å². The van der Waals surface area contributed by atoms with Crippen LogP contribution in [0.5, 0.6) is 11.5 Å². The summed E-state index contributed by atoms with van der Waals surface area (Å²) in [5, 5.41) is 10.6. The quantitative estimate of drug-likeness (QED) is 0.633. The number of likely N-dealkylation sites (tertiary alicyclic amines) is 1. The first-order valence-corrected chi connectivity index (χ1v) is 8.55. The van der Waals surface area contributed by atoms with Gasteiger partial charge in [0.1, 0.15) is 18.2 Å². The first-order valence-electron chi connectivity index (χ1n) is 8.55. The SMILES string of the molecule is COc1ccc2c3c1O[C@@H]1[C@H](O)C=C[C@@H]4[C@H](C2)[N+](C)(C)CC[C@@]341. The van der Waals surface area contributed by atoms with E-state index in [2.05, 4.69) is 26.2 Å². The molecule has 23 heavy (non-hydrogen) atoms. The molecule has 1 aromatic carbocycles. The molecule has 1 fully saturated rings.